The van der Waals surface area contributed by atoms with Crippen molar-refractivity contribution in [3.05, 3.63) is 53.6 Å². The standard InChI is InChI=1S/C18H19N3O2/c1-11(2)23-17(22)13-5-4-6-14(10-13)19-18-20-15-8-7-12(3)9-16(15)21-18/h4-11H,1-3H3,(H2,19,20,21). The highest BCUT2D eigenvalue weighted by Gasteiger charge is 2.10. The van der Waals surface area contributed by atoms with Crippen molar-refractivity contribution in [3.63, 3.8) is 0 Å². The van der Waals surface area contributed by atoms with Gasteiger partial charge in [0.15, 0.2) is 0 Å². The molecule has 3 aromatic rings. The van der Waals surface area contributed by atoms with Gasteiger partial charge in [0.05, 0.1) is 22.7 Å². The van der Waals surface area contributed by atoms with Crippen molar-refractivity contribution in [2.75, 3.05) is 5.32 Å². The maximum absolute atomic E-state index is 12.0. The molecular formula is C18H19N3O2. The van der Waals surface area contributed by atoms with Gasteiger partial charge in [0.25, 0.3) is 0 Å². The molecule has 0 saturated carbocycles. The molecule has 2 aromatic carbocycles. The van der Waals surface area contributed by atoms with Crippen molar-refractivity contribution in [2.24, 2.45) is 0 Å². The number of carbonyl (C=O) groups is 1. The van der Waals surface area contributed by atoms with E-state index in [-0.39, 0.29) is 12.1 Å². The second kappa shape index (κ2) is 6.12. The number of carbonyl (C=O) groups excluding carboxylic acids is 1. The maximum atomic E-state index is 12.0. The summed E-state index contributed by atoms with van der Waals surface area (Å²) in [5.41, 5.74) is 4.33. The van der Waals surface area contributed by atoms with Gasteiger partial charge in [-0.3, -0.25) is 0 Å². The van der Waals surface area contributed by atoms with Crippen molar-refractivity contribution in [3.8, 4) is 0 Å². The molecule has 118 valence electrons. The molecule has 0 amide bonds. The third-order valence-electron chi connectivity index (χ3n) is 3.34. The molecule has 0 radical (unpaired) electrons. The second-order valence-electron chi connectivity index (χ2n) is 5.77. The smallest absolute Gasteiger partial charge is 0.338 e. The second-order valence-corrected chi connectivity index (χ2v) is 5.77. The van der Waals surface area contributed by atoms with Gasteiger partial charge in [-0.1, -0.05) is 12.1 Å². The Hall–Kier alpha value is -2.82. The van der Waals surface area contributed by atoms with Gasteiger partial charge in [0.1, 0.15) is 0 Å². The highest BCUT2D eigenvalue weighted by Crippen LogP contribution is 2.20. The minimum Gasteiger partial charge on any atom is -0.459 e. The van der Waals surface area contributed by atoms with Crippen LogP contribution in [-0.2, 0) is 4.74 Å². The van der Waals surface area contributed by atoms with Crippen LogP contribution in [0.1, 0.15) is 29.8 Å². The average Bonchev–Trinajstić information content (AvgIpc) is 2.88. The largest absolute Gasteiger partial charge is 0.459 e. The maximum Gasteiger partial charge on any atom is 0.338 e. The van der Waals surface area contributed by atoms with Gasteiger partial charge < -0.3 is 15.0 Å². The van der Waals surface area contributed by atoms with E-state index in [1.54, 1.807) is 12.1 Å². The number of imidazole rings is 1. The quantitative estimate of drug-likeness (QED) is 0.709. The van der Waals surface area contributed by atoms with Gasteiger partial charge in [0, 0.05) is 5.69 Å². The number of ether oxygens (including phenoxy) is 1. The van der Waals surface area contributed by atoms with E-state index in [1.165, 1.54) is 5.56 Å². The van der Waals surface area contributed by atoms with Gasteiger partial charge in [-0.15, -0.1) is 0 Å². The summed E-state index contributed by atoms with van der Waals surface area (Å²) in [6.07, 6.45) is -0.141. The van der Waals surface area contributed by atoms with Crippen molar-refractivity contribution in [1.29, 1.82) is 0 Å². The third-order valence-corrected chi connectivity index (χ3v) is 3.34. The molecule has 1 heterocycles. The number of aromatic nitrogens is 2. The minimum absolute atomic E-state index is 0.141. The Morgan fingerprint density at radius 1 is 1.22 bits per heavy atom. The number of fused-ring (bicyclic) bond motifs is 1. The molecule has 23 heavy (non-hydrogen) atoms. The van der Waals surface area contributed by atoms with Gasteiger partial charge in [-0.25, -0.2) is 9.78 Å². The lowest BCUT2D eigenvalue weighted by Crippen LogP contribution is -2.11. The zero-order valence-electron chi connectivity index (χ0n) is 13.4. The van der Waals surface area contributed by atoms with Crippen LogP contribution in [0.3, 0.4) is 0 Å². The van der Waals surface area contributed by atoms with Crippen LogP contribution in [0.2, 0.25) is 0 Å². The number of nitrogens with one attached hydrogen (secondary N) is 2. The SMILES string of the molecule is Cc1ccc2nc(Nc3cccc(C(=O)OC(C)C)c3)[nH]c2c1. The lowest BCUT2D eigenvalue weighted by Gasteiger charge is -2.09. The Bertz CT molecular complexity index is 852. The van der Waals surface area contributed by atoms with Gasteiger partial charge in [0.2, 0.25) is 5.95 Å². The minimum atomic E-state index is -0.330. The molecule has 1 aromatic heterocycles. The molecule has 3 rings (SSSR count). The molecule has 5 nitrogen and oxygen atoms in total. The normalized spacial score (nSPS) is 11.0. The fourth-order valence-corrected chi connectivity index (χ4v) is 2.33. The molecular weight excluding hydrogens is 290 g/mol. The number of hydrogen-bond donors (Lipinski definition) is 2. The number of H-pyrrole nitrogens is 1. The van der Waals surface area contributed by atoms with Gasteiger partial charge >= 0.3 is 5.97 Å². The summed E-state index contributed by atoms with van der Waals surface area (Å²) in [5, 5.41) is 3.19. The zero-order chi connectivity index (χ0) is 16.4. The number of esters is 1. The summed E-state index contributed by atoms with van der Waals surface area (Å²) in [5.74, 6) is 0.309. The molecule has 0 bridgehead atoms. The Balaban J connectivity index is 1.82. The van der Waals surface area contributed by atoms with Crippen LogP contribution >= 0.6 is 0 Å². The predicted octanol–water partition coefficient (Wildman–Crippen LogP) is 4.18. The molecule has 0 unspecified atom stereocenters. The first-order chi connectivity index (χ1) is 11.0. The monoisotopic (exact) mass is 309 g/mol. The first-order valence-corrected chi connectivity index (χ1v) is 7.56. The topological polar surface area (TPSA) is 67.0 Å². The average molecular weight is 309 g/mol. The van der Waals surface area contributed by atoms with Crippen LogP contribution in [0.15, 0.2) is 42.5 Å². The van der Waals surface area contributed by atoms with E-state index >= 15 is 0 Å². The van der Waals surface area contributed by atoms with Crippen LogP contribution in [0.25, 0.3) is 11.0 Å². The molecule has 0 atom stereocenters. The Morgan fingerprint density at radius 2 is 2.04 bits per heavy atom. The first kappa shape index (κ1) is 15.1. The number of aryl methyl sites for hydroxylation is 1. The third kappa shape index (κ3) is 3.51. The van der Waals surface area contributed by atoms with E-state index in [4.69, 9.17) is 4.74 Å². The Kier molecular flexibility index (Phi) is 4.02. The van der Waals surface area contributed by atoms with E-state index in [1.807, 2.05) is 51.1 Å². The Morgan fingerprint density at radius 3 is 2.83 bits per heavy atom. The molecule has 0 fully saturated rings. The summed E-state index contributed by atoms with van der Waals surface area (Å²) in [4.78, 5) is 19.7. The first-order valence-electron chi connectivity index (χ1n) is 7.56. The fraction of sp³-hybridized carbons (Fsp3) is 0.222. The van der Waals surface area contributed by atoms with Gasteiger partial charge in [-0.05, 0) is 56.7 Å². The number of rotatable bonds is 4. The predicted molar refractivity (Wildman–Crippen MR) is 91.1 cm³/mol. The van der Waals surface area contributed by atoms with E-state index in [0.717, 1.165) is 16.7 Å². The molecule has 0 aliphatic heterocycles. The van der Waals surface area contributed by atoms with Crippen LogP contribution in [-0.4, -0.2) is 22.0 Å². The van der Waals surface area contributed by atoms with Crippen LogP contribution in [0.5, 0.6) is 0 Å². The van der Waals surface area contributed by atoms with E-state index in [2.05, 4.69) is 15.3 Å². The van der Waals surface area contributed by atoms with Gasteiger partial charge in [-0.2, -0.15) is 0 Å². The van der Waals surface area contributed by atoms with E-state index < -0.39 is 0 Å². The van der Waals surface area contributed by atoms with Crippen LogP contribution in [0, 0.1) is 6.92 Å². The summed E-state index contributed by atoms with van der Waals surface area (Å²) in [6.45, 7) is 5.70. The van der Waals surface area contributed by atoms with Crippen molar-refractivity contribution < 1.29 is 9.53 Å². The highest BCUT2D eigenvalue weighted by atomic mass is 16.5. The number of benzene rings is 2. The number of nitrogens with zero attached hydrogens (tertiary/aromatic N) is 1. The summed E-state index contributed by atoms with van der Waals surface area (Å²) in [7, 11) is 0. The number of hydrogen-bond acceptors (Lipinski definition) is 4. The highest BCUT2D eigenvalue weighted by molar-refractivity contribution is 5.91. The fourth-order valence-electron chi connectivity index (χ4n) is 2.33. The van der Waals surface area contributed by atoms with Crippen molar-refractivity contribution in [2.45, 2.75) is 26.9 Å². The van der Waals surface area contributed by atoms with Crippen molar-refractivity contribution >= 4 is 28.6 Å². The molecule has 0 aliphatic rings. The van der Waals surface area contributed by atoms with Crippen molar-refractivity contribution in [1.82, 2.24) is 9.97 Å². The molecule has 0 aliphatic carbocycles. The Labute approximate surface area is 134 Å². The molecule has 0 saturated heterocycles. The number of aromatic amines is 1. The van der Waals surface area contributed by atoms with E-state index in [9.17, 15) is 4.79 Å². The lowest BCUT2D eigenvalue weighted by molar-refractivity contribution is 0.0378. The molecule has 0 spiro atoms. The lowest BCUT2D eigenvalue weighted by atomic mass is 10.2. The summed E-state index contributed by atoms with van der Waals surface area (Å²) in [6, 6.07) is 13.2. The zero-order valence-corrected chi connectivity index (χ0v) is 13.4. The van der Waals surface area contributed by atoms with Crippen LogP contribution < -0.4 is 5.32 Å². The summed E-state index contributed by atoms with van der Waals surface area (Å²) >= 11 is 0. The molecule has 2 N–H and O–H groups in total. The number of anilines is 2. The van der Waals surface area contributed by atoms with Crippen LogP contribution in [0.4, 0.5) is 11.6 Å². The molecule has 5 heteroatoms. The van der Waals surface area contributed by atoms with E-state index in [0.29, 0.717) is 11.5 Å². The summed E-state index contributed by atoms with van der Waals surface area (Å²) < 4.78 is 5.21.